The molecule has 116 valence electrons. The Kier molecular flexibility index (Phi) is 4.62. The fourth-order valence-electron chi connectivity index (χ4n) is 2.06. The van der Waals surface area contributed by atoms with Gasteiger partial charge in [0.1, 0.15) is 11.4 Å². The monoisotopic (exact) mass is 293 g/mol. The Morgan fingerprint density at radius 2 is 1.81 bits per heavy atom. The molecule has 0 unspecified atom stereocenters. The van der Waals surface area contributed by atoms with E-state index in [1.54, 1.807) is 17.3 Å². The molecule has 0 spiro atoms. The number of anilines is 1. The summed E-state index contributed by atoms with van der Waals surface area (Å²) in [7, 11) is 0. The van der Waals surface area contributed by atoms with Crippen molar-refractivity contribution in [2.45, 2.75) is 32.9 Å². The van der Waals surface area contributed by atoms with E-state index in [9.17, 15) is 4.79 Å². The van der Waals surface area contributed by atoms with E-state index in [-0.39, 0.29) is 6.09 Å². The van der Waals surface area contributed by atoms with Gasteiger partial charge >= 0.3 is 6.09 Å². The summed E-state index contributed by atoms with van der Waals surface area (Å²) < 4.78 is 5.37. The van der Waals surface area contributed by atoms with Crippen molar-refractivity contribution in [3.05, 3.63) is 18.2 Å². The molecule has 7 nitrogen and oxygen atoms in total. The van der Waals surface area contributed by atoms with Crippen molar-refractivity contribution in [1.82, 2.24) is 19.8 Å². The van der Waals surface area contributed by atoms with Crippen LogP contribution in [0.3, 0.4) is 0 Å². The fourth-order valence-corrected chi connectivity index (χ4v) is 2.06. The smallest absolute Gasteiger partial charge is 0.410 e. The lowest BCUT2D eigenvalue weighted by Gasteiger charge is -2.35. The predicted octanol–water partition coefficient (Wildman–Crippen LogP) is 1.11. The van der Waals surface area contributed by atoms with E-state index >= 15 is 0 Å². The molecular formula is C14H23N5O2. The summed E-state index contributed by atoms with van der Waals surface area (Å²) in [6.07, 6.45) is 2.98. The third kappa shape index (κ3) is 4.86. The second kappa shape index (κ2) is 6.26. The van der Waals surface area contributed by atoms with Crippen LogP contribution >= 0.6 is 0 Å². The Morgan fingerprint density at radius 1 is 1.24 bits per heavy atom. The predicted molar refractivity (Wildman–Crippen MR) is 79.5 cm³/mol. The van der Waals surface area contributed by atoms with Crippen molar-refractivity contribution < 1.29 is 9.53 Å². The number of hydrogen-bond acceptors (Lipinski definition) is 6. The second-order valence-electron chi connectivity index (χ2n) is 6.18. The van der Waals surface area contributed by atoms with Crippen LogP contribution in [-0.4, -0.2) is 57.6 Å². The zero-order valence-electron chi connectivity index (χ0n) is 12.9. The van der Waals surface area contributed by atoms with Crippen LogP contribution in [0.4, 0.5) is 10.5 Å². The lowest BCUT2D eigenvalue weighted by atomic mass is 10.2. The summed E-state index contributed by atoms with van der Waals surface area (Å²) in [5.74, 6) is 0.745. The minimum absolute atomic E-state index is 0.245. The maximum absolute atomic E-state index is 12.0. The molecule has 1 aliphatic heterocycles. The van der Waals surface area contributed by atoms with Crippen LogP contribution in [0.25, 0.3) is 0 Å². The third-order valence-corrected chi connectivity index (χ3v) is 3.11. The van der Waals surface area contributed by atoms with Gasteiger partial charge in [-0.3, -0.25) is 4.90 Å². The van der Waals surface area contributed by atoms with Gasteiger partial charge in [-0.1, -0.05) is 0 Å². The fraction of sp³-hybridized carbons (Fsp3) is 0.643. The Hall–Kier alpha value is -1.89. The van der Waals surface area contributed by atoms with Gasteiger partial charge in [-0.05, 0) is 20.8 Å². The highest BCUT2D eigenvalue weighted by molar-refractivity contribution is 5.68. The number of rotatable bonds is 2. The first-order valence-electron chi connectivity index (χ1n) is 7.10. The van der Waals surface area contributed by atoms with Crippen LogP contribution in [0, 0.1) is 0 Å². The van der Waals surface area contributed by atoms with E-state index < -0.39 is 5.60 Å². The number of ether oxygens (including phenoxy) is 1. The minimum Gasteiger partial charge on any atom is -0.444 e. The van der Waals surface area contributed by atoms with Gasteiger partial charge < -0.3 is 15.4 Å². The van der Waals surface area contributed by atoms with Crippen molar-refractivity contribution in [3.63, 3.8) is 0 Å². The molecule has 2 rings (SSSR count). The number of amides is 1. The van der Waals surface area contributed by atoms with Crippen LogP contribution < -0.4 is 5.73 Å². The summed E-state index contributed by atoms with van der Waals surface area (Å²) in [4.78, 5) is 24.3. The molecule has 1 aromatic heterocycles. The van der Waals surface area contributed by atoms with E-state index in [2.05, 4.69) is 14.9 Å². The molecule has 1 aromatic rings. The molecule has 0 bridgehead atoms. The molecule has 0 atom stereocenters. The third-order valence-electron chi connectivity index (χ3n) is 3.11. The van der Waals surface area contributed by atoms with Crippen molar-refractivity contribution in [3.8, 4) is 0 Å². The summed E-state index contributed by atoms with van der Waals surface area (Å²) in [6, 6.07) is 0. The number of nitrogens with two attached hydrogens (primary N) is 1. The average molecular weight is 293 g/mol. The number of aromatic nitrogens is 2. The maximum atomic E-state index is 12.0. The molecular weight excluding hydrogens is 270 g/mol. The van der Waals surface area contributed by atoms with Gasteiger partial charge in [-0.15, -0.1) is 0 Å². The highest BCUT2D eigenvalue weighted by Gasteiger charge is 2.25. The number of carbonyl (C=O) groups excluding carboxylic acids is 1. The summed E-state index contributed by atoms with van der Waals surface area (Å²) in [5.41, 5.74) is 5.68. The standard InChI is InChI=1S/C14H23N5O2/c1-14(2,3)21-13(20)19-6-4-18(5-7-19)10-12-16-8-11(15)9-17-12/h8-9H,4-7,10,15H2,1-3H3. The lowest BCUT2D eigenvalue weighted by molar-refractivity contribution is 0.0137. The van der Waals surface area contributed by atoms with E-state index in [0.29, 0.717) is 25.3 Å². The summed E-state index contributed by atoms with van der Waals surface area (Å²) >= 11 is 0. The Balaban J connectivity index is 1.80. The molecule has 0 radical (unpaired) electrons. The van der Waals surface area contributed by atoms with E-state index in [1.807, 2.05) is 20.8 Å². The molecule has 1 aliphatic rings. The summed E-state index contributed by atoms with van der Waals surface area (Å²) in [6.45, 7) is 9.18. The van der Waals surface area contributed by atoms with Gasteiger partial charge in [0.15, 0.2) is 0 Å². The van der Waals surface area contributed by atoms with Crippen molar-refractivity contribution in [1.29, 1.82) is 0 Å². The van der Waals surface area contributed by atoms with Crippen LogP contribution in [0.1, 0.15) is 26.6 Å². The second-order valence-corrected chi connectivity index (χ2v) is 6.18. The zero-order chi connectivity index (χ0) is 15.5. The molecule has 0 saturated carbocycles. The van der Waals surface area contributed by atoms with Gasteiger partial charge in [0.05, 0.1) is 24.6 Å². The maximum Gasteiger partial charge on any atom is 0.410 e. The first-order chi connectivity index (χ1) is 9.83. The van der Waals surface area contributed by atoms with Gasteiger partial charge in [0.2, 0.25) is 0 Å². The quantitative estimate of drug-likeness (QED) is 0.879. The first kappa shape index (κ1) is 15.5. The number of carbonyl (C=O) groups is 1. The van der Waals surface area contributed by atoms with Crippen molar-refractivity contribution >= 4 is 11.8 Å². The molecule has 2 heterocycles. The zero-order valence-corrected chi connectivity index (χ0v) is 12.9. The van der Waals surface area contributed by atoms with Crippen molar-refractivity contribution in [2.75, 3.05) is 31.9 Å². The van der Waals surface area contributed by atoms with Crippen LogP contribution in [0.5, 0.6) is 0 Å². The Morgan fingerprint density at radius 3 is 2.33 bits per heavy atom. The van der Waals surface area contributed by atoms with Gasteiger partial charge in [-0.25, -0.2) is 14.8 Å². The lowest BCUT2D eigenvalue weighted by Crippen LogP contribution is -2.49. The molecule has 2 N–H and O–H groups in total. The molecule has 1 fully saturated rings. The summed E-state index contributed by atoms with van der Waals surface area (Å²) in [5, 5.41) is 0. The average Bonchev–Trinajstić information content (AvgIpc) is 2.40. The Bertz CT molecular complexity index is 475. The highest BCUT2D eigenvalue weighted by Crippen LogP contribution is 2.12. The molecule has 0 aromatic carbocycles. The van der Waals surface area contributed by atoms with E-state index in [4.69, 9.17) is 10.5 Å². The van der Waals surface area contributed by atoms with Crippen molar-refractivity contribution in [2.24, 2.45) is 0 Å². The Labute approximate surface area is 125 Å². The van der Waals surface area contributed by atoms with E-state index in [0.717, 1.165) is 18.9 Å². The van der Waals surface area contributed by atoms with Crippen LogP contribution in [0.15, 0.2) is 12.4 Å². The first-order valence-corrected chi connectivity index (χ1v) is 7.10. The largest absolute Gasteiger partial charge is 0.444 e. The molecule has 0 aliphatic carbocycles. The molecule has 7 heteroatoms. The SMILES string of the molecule is CC(C)(C)OC(=O)N1CCN(Cc2ncc(N)cn2)CC1. The number of nitrogen functional groups attached to an aromatic ring is 1. The number of nitrogens with zero attached hydrogens (tertiary/aromatic N) is 4. The highest BCUT2D eigenvalue weighted by atomic mass is 16.6. The topological polar surface area (TPSA) is 84.6 Å². The van der Waals surface area contributed by atoms with Crippen LogP contribution in [-0.2, 0) is 11.3 Å². The van der Waals surface area contributed by atoms with Gasteiger partial charge in [0.25, 0.3) is 0 Å². The molecule has 1 saturated heterocycles. The normalized spacial score (nSPS) is 16.8. The molecule has 21 heavy (non-hydrogen) atoms. The minimum atomic E-state index is -0.452. The number of hydrogen-bond donors (Lipinski definition) is 1. The molecule has 1 amide bonds. The van der Waals surface area contributed by atoms with E-state index in [1.165, 1.54) is 0 Å². The number of piperazine rings is 1. The van der Waals surface area contributed by atoms with Gasteiger partial charge in [0, 0.05) is 26.2 Å². The van der Waals surface area contributed by atoms with Gasteiger partial charge in [-0.2, -0.15) is 0 Å². The van der Waals surface area contributed by atoms with Crippen LogP contribution in [0.2, 0.25) is 0 Å².